The molecule has 1 heterocycles. The van der Waals surface area contributed by atoms with Crippen LogP contribution in [0.2, 0.25) is 0 Å². The molecule has 1 atom stereocenters. The van der Waals surface area contributed by atoms with Crippen molar-refractivity contribution in [2.24, 2.45) is 5.92 Å². The first-order valence-corrected chi connectivity index (χ1v) is 4.84. The first kappa shape index (κ1) is 10.7. The molecule has 0 aliphatic carbocycles. The summed E-state index contributed by atoms with van der Waals surface area (Å²) in [6, 6.07) is 3.19. The summed E-state index contributed by atoms with van der Waals surface area (Å²) in [7, 11) is 0. The van der Waals surface area contributed by atoms with Crippen molar-refractivity contribution in [1.29, 1.82) is 0 Å². The maximum absolute atomic E-state index is 13.3. The number of amides is 2. The second kappa shape index (κ2) is 4.00. The van der Waals surface area contributed by atoms with Crippen molar-refractivity contribution in [3.8, 4) is 0 Å². The lowest BCUT2D eigenvalue weighted by molar-refractivity contribution is -0.125. The summed E-state index contributed by atoms with van der Waals surface area (Å²) >= 11 is 0. The van der Waals surface area contributed by atoms with Gasteiger partial charge in [-0.05, 0) is 18.1 Å². The number of hydrogen-bond donors (Lipinski definition) is 1. The van der Waals surface area contributed by atoms with Gasteiger partial charge in [0, 0.05) is 12.5 Å². The molecule has 2 rings (SSSR count). The molecule has 1 fully saturated rings. The van der Waals surface area contributed by atoms with Crippen LogP contribution in [-0.4, -0.2) is 11.8 Å². The van der Waals surface area contributed by atoms with Gasteiger partial charge in [-0.2, -0.15) is 0 Å². The summed E-state index contributed by atoms with van der Waals surface area (Å²) in [6.45, 7) is 0. The third kappa shape index (κ3) is 2.08. The summed E-state index contributed by atoms with van der Waals surface area (Å²) in [5.41, 5.74) is 0.247. The molecule has 3 nitrogen and oxygen atoms in total. The highest BCUT2D eigenvalue weighted by molar-refractivity contribution is 6.03. The Labute approximate surface area is 90.5 Å². The van der Waals surface area contributed by atoms with Gasteiger partial charge in [0.1, 0.15) is 11.6 Å². The van der Waals surface area contributed by atoms with E-state index in [4.69, 9.17) is 0 Å². The zero-order valence-corrected chi connectivity index (χ0v) is 8.30. The zero-order valence-electron chi connectivity index (χ0n) is 8.30. The van der Waals surface area contributed by atoms with Crippen molar-refractivity contribution in [3.63, 3.8) is 0 Å². The molecule has 0 saturated carbocycles. The van der Waals surface area contributed by atoms with Gasteiger partial charge in [0.2, 0.25) is 11.8 Å². The first-order chi connectivity index (χ1) is 7.56. The molecule has 0 bridgehead atoms. The fraction of sp³-hybridized carbons (Fsp3) is 0.273. The van der Waals surface area contributed by atoms with Gasteiger partial charge in [-0.15, -0.1) is 0 Å². The van der Waals surface area contributed by atoms with E-state index in [0.717, 1.165) is 12.1 Å². The van der Waals surface area contributed by atoms with Crippen LogP contribution in [0.1, 0.15) is 12.0 Å². The number of rotatable bonds is 2. The number of carbonyl (C=O) groups is 2. The van der Waals surface area contributed by atoms with E-state index in [1.165, 1.54) is 6.07 Å². The zero-order chi connectivity index (χ0) is 11.7. The van der Waals surface area contributed by atoms with Crippen molar-refractivity contribution >= 4 is 11.8 Å². The Kier molecular flexibility index (Phi) is 2.68. The lowest BCUT2D eigenvalue weighted by atomic mass is 9.97. The van der Waals surface area contributed by atoms with Crippen LogP contribution < -0.4 is 5.32 Å². The van der Waals surface area contributed by atoms with Crippen molar-refractivity contribution < 1.29 is 18.4 Å². The molecule has 1 aromatic rings. The molecule has 1 unspecified atom stereocenters. The molecule has 5 heteroatoms. The van der Waals surface area contributed by atoms with Crippen LogP contribution in [0, 0.1) is 17.6 Å². The van der Waals surface area contributed by atoms with E-state index < -0.39 is 23.5 Å². The molecule has 1 aromatic carbocycles. The second-order valence-electron chi connectivity index (χ2n) is 3.75. The Morgan fingerprint density at radius 2 is 2.06 bits per heavy atom. The van der Waals surface area contributed by atoms with E-state index >= 15 is 0 Å². The lowest BCUT2D eigenvalue weighted by Crippen LogP contribution is -2.23. The van der Waals surface area contributed by atoms with Gasteiger partial charge in [-0.1, -0.05) is 6.07 Å². The van der Waals surface area contributed by atoms with Crippen LogP contribution in [0.15, 0.2) is 18.2 Å². The summed E-state index contributed by atoms with van der Waals surface area (Å²) in [5.74, 6) is -2.64. The molecule has 0 radical (unpaired) electrons. The molecular formula is C11H9F2NO2. The normalized spacial score (nSPS) is 20.0. The first-order valence-electron chi connectivity index (χ1n) is 4.84. The minimum absolute atomic E-state index is 0.0651. The van der Waals surface area contributed by atoms with E-state index in [2.05, 4.69) is 5.32 Å². The van der Waals surface area contributed by atoms with Crippen LogP contribution in [0.4, 0.5) is 8.78 Å². The fourth-order valence-corrected chi connectivity index (χ4v) is 1.72. The van der Waals surface area contributed by atoms with Crippen molar-refractivity contribution in [2.75, 3.05) is 0 Å². The summed E-state index contributed by atoms with van der Waals surface area (Å²) < 4.78 is 25.9. The molecule has 2 amide bonds. The Hall–Kier alpha value is -1.78. The highest BCUT2D eigenvalue weighted by Gasteiger charge is 2.30. The molecular weight excluding hydrogens is 216 g/mol. The van der Waals surface area contributed by atoms with Crippen molar-refractivity contribution in [3.05, 3.63) is 35.4 Å². The predicted molar refractivity (Wildman–Crippen MR) is 51.3 cm³/mol. The molecule has 16 heavy (non-hydrogen) atoms. The Morgan fingerprint density at radius 3 is 2.62 bits per heavy atom. The van der Waals surface area contributed by atoms with E-state index in [-0.39, 0.29) is 24.3 Å². The number of hydrogen-bond acceptors (Lipinski definition) is 2. The number of benzene rings is 1. The van der Waals surface area contributed by atoms with Crippen LogP contribution in [0.5, 0.6) is 0 Å². The van der Waals surface area contributed by atoms with Crippen LogP contribution in [0.25, 0.3) is 0 Å². The SMILES string of the molecule is O=C1CC(Cc2ccc(F)cc2F)C(=O)N1. The van der Waals surface area contributed by atoms with Gasteiger partial charge in [-0.3, -0.25) is 14.9 Å². The van der Waals surface area contributed by atoms with E-state index in [9.17, 15) is 18.4 Å². The molecule has 0 aromatic heterocycles. The number of carbonyl (C=O) groups excluding carboxylic acids is 2. The molecule has 1 N–H and O–H groups in total. The lowest BCUT2D eigenvalue weighted by Gasteiger charge is -2.06. The standard InChI is InChI=1S/C11H9F2NO2/c12-8-2-1-6(9(13)5-8)3-7-4-10(15)14-11(7)16/h1-2,5,7H,3-4H2,(H,14,15,16). The highest BCUT2D eigenvalue weighted by atomic mass is 19.1. The van der Waals surface area contributed by atoms with E-state index in [0.29, 0.717) is 0 Å². The van der Waals surface area contributed by atoms with Crippen molar-refractivity contribution in [1.82, 2.24) is 5.32 Å². The number of imide groups is 1. The number of nitrogens with one attached hydrogen (secondary N) is 1. The molecule has 84 valence electrons. The average molecular weight is 225 g/mol. The van der Waals surface area contributed by atoms with Crippen LogP contribution >= 0.6 is 0 Å². The average Bonchev–Trinajstić information content (AvgIpc) is 2.50. The monoisotopic (exact) mass is 225 g/mol. The van der Waals surface area contributed by atoms with Gasteiger partial charge in [0.15, 0.2) is 0 Å². The summed E-state index contributed by atoms with van der Waals surface area (Å²) in [4.78, 5) is 22.1. The van der Waals surface area contributed by atoms with Gasteiger partial charge in [0.25, 0.3) is 0 Å². The van der Waals surface area contributed by atoms with E-state index in [1.54, 1.807) is 0 Å². The van der Waals surface area contributed by atoms with Crippen LogP contribution in [0.3, 0.4) is 0 Å². The molecule has 1 aliphatic rings. The molecule has 1 saturated heterocycles. The molecule has 1 aliphatic heterocycles. The summed E-state index contributed by atoms with van der Waals surface area (Å²) in [5, 5.41) is 2.14. The van der Waals surface area contributed by atoms with Gasteiger partial charge in [-0.25, -0.2) is 8.78 Å². The third-order valence-electron chi connectivity index (χ3n) is 2.55. The Morgan fingerprint density at radius 1 is 1.31 bits per heavy atom. The second-order valence-corrected chi connectivity index (χ2v) is 3.75. The fourth-order valence-electron chi connectivity index (χ4n) is 1.72. The smallest absolute Gasteiger partial charge is 0.230 e. The number of halogens is 2. The quantitative estimate of drug-likeness (QED) is 0.768. The Bertz CT molecular complexity index is 459. The summed E-state index contributed by atoms with van der Waals surface area (Å²) in [6.07, 6.45) is 0.180. The maximum atomic E-state index is 13.3. The van der Waals surface area contributed by atoms with Gasteiger partial charge >= 0.3 is 0 Å². The largest absolute Gasteiger partial charge is 0.296 e. The van der Waals surface area contributed by atoms with E-state index in [1.807, 2.05) is 0 Å². The van der Waals surface area contributed by atoms with Gasteiger partial charge < -0.3 is 0 Å². The minimum atomic E-state index is -0.688. The molecule has 0 spiro atoms. The Balaban J connectivity index is 2.15. The maximum Gasteiger partial charge on any atom is 0.230 e. The predicted octanol–water partition coefficient (Wildman–Crippen LogP) is 1.17. The van der Waals surface area contributed by atoms with Crippen LogP contribution in [-0.2, 0) is 16.0 Å². The topological polar surface area (TPSA) is 46.2 Å². The highest BCUT2D eigenvalue weighted by Crippen LogP contribution is 2.19. The minimum Gasteiger partial charge on any atom is -0.296 e. The third-order valence-corrected chi connectivity index (χ3v) is 2.55. The van der Waals surface area contributed by atoms with Crippen molar-refractivity contribution in [2.45, 2.75) is 12.8 Å². The van der Waals surface area contributed by atoms with Gasteiger partial charge in [0.05, 0.1) is 5.92 Å².